The molecule has 4 nitrogen and oxygen atoms in total. The van der Waals surface area contributed by atoms with Crippen molar-refractivity contribution in [2.45, 2.75) is 45.6 Å². The van der Waals surface area contributed by atoms with Crippen LogP contribution in [0, 0.1) is 0 Å². The second-order valence-electron chi connectivity index (χ2n) is 7.75. The van der Waals surface area contributed by atoms with Crippen molar-refractivity contribution in [3.8, 4) is 16.9 Å². The molecule has 1 heterocycles. The van der Waals surface area contributed by atoms with Gasteiger partial charge in [0, 0.05) is 39.2 Å². The number of rotatable bonds is 6. The number of carbonyl (C=O) groups is 1. The molecule has 0 bridgehead atoms. The van der Waals surface area contributed by atoms with Gasteiger partial charge in [-0.3, -0.25) is 4.79 Å². The van der Waals surface area contributed by atoms with E-state index in [9.17, 15) is 4.79 Å². The minimum Gasteiger partial charge on any atom is -0.493 e. The minimum atomic E-state index is -0.0396. The van der Waals surface area contributed by atoms with E-state index in [0.717, 1.165) is 56.3 Å². The lowest BCUT2D eigenvalue weighted by Crippen LogP contribution is -2.31. The second-order valence-corrected chi connectivity index (χ2v) is 8.67. The molecule has 30 heavy (non-hydrogen) atoms. The van der Waals surface area contributed by atoms with Crippen molar-refractivity contribution >= 4 is 38.4 Å². The molecule has 1 aliphatic rings. The zero-order chi connectivity index (χ0) is 21.1. The molecule has 5 heteroatoms. The van der Waals surface area contributed by atoms with Gasteiger partial charge in [-0.1, -0.05) is 40.9 Å². The highest BCUT2D eigenvalue weighted by Gasteiger charge is 2.18. The molecule has 0 spiro atoms. The maximum Gasteiger partial charge on any atom is 0.244 e. The first-order valence-electron chi connectivity index (χ1n) is 10.5. The Labute approximate surface area is 185 Å². The smallest absolute Gasteiger partial charge is 0.244 e. The molecule has 1 saturated carbocycles. The van der Waals surface area contributed by atoms with E-state index >= 15 is 0 Å². The van der Waals surface area contributed by atoms with Gasteiger partial charge in [0.2, 0.25) is 5.91 Å². The Morgan fingerprint density at radius 1 is 1.23 bits per heavy atom. The van der Waals surface area contributed by atoms with E-state index in [1.165, 1.54) is 12.8 Å². The molecule has 2 aromatic carbocycles. The standard InChI is InChI=1S/C25H26BrNO3/c1-3-29-23-14-24-21(22(15-30-24)17-8-10-18(26)11-9-17)13-20(23)16(2)12-25(28)27-19-6-4-5-7-19/h8-15,19H,3-7H2,1-2H3,(H,27,28)/b16-12+. The fraction of sp³-hybridized carbons (Fsp3) is 0.320. The van der Waals surface area contributed by atoms with Gasteiger partial charge in [-0.15, -0.1) is 0 Å². The second kappa shape index (κ2) is 9.09. The fourth-order valence-corrected chi connectivity index (χ4v) is 4.34. The van der Waals surface area contributed by atoms with Crippen LogP contribution in [0.5, 0.6) is 5.75 Å². The number of ether oxygens (including phenoxy) is 1. The number of furan rings is 1. The van der Waals surface area contributed by atoms with Gasteiger partial charge in [0.05, 0.1) is 12.9 Å². The first-order chi connectivity index (χ1) is 14.5. The van der Waals surface area contributed by atoms with Crippen molar-refractivity contribution in [2.24, 2.45) is 0 Å². The van der Waals surface area contributed by atoms with Crippen LogP contribution < -0.4 is 10.1 Å². The van der Waals surface area contributed by atoms with Gasteiger partial charge >= 0.3 is 0 Å². The van der Waals surface area contributed by atoms with Gasteiger partial charge in [0.25, 0.3) is 0 Å². The highest BCUT2D eigenvalue weighted by atomic mass is 79.9. The highest BCUT2D eigenvalue weighted by molar-refractivity contribution is 9.10. The average Bonchev–Trinajstić information content (AvgIpc) is 3.37. The molecule has 1 amide bonds. The molecule has 4 rings (SSSR count). The lowest BCUT2D eigenvalue weighted by atomic mass is 9.99. The third-order valence-corrected chi connectivity index (χ3v) is 6.13. The van der Waals surface area contributed by atoms with Gasteiger partial charge in [-0.2, -0.15) is 0 Å². The molecule has 0 radical (unpaired) electrons. The molecule has 1 aromatic heterocycles. The number of amides is 1. The number of hydrogen-bond acceptors (Lipinski definition) is 3. The number of nitrogens with one attached hydrogen (secondary N) is 1. The summed E-state index contributed by atoms with van der Waals surface area (Å²) in [5.74, 6) is 0.686. The van der Waals surface area contributed by atoms with Crippen molar-refractivity contribution in [1.82, 2.24) is 5.32 Å². The van der Waals surface area contributed by atoms with Crippen molar-refractivity contribution in [3.63, 3.8) is 0 Å². The summed E-state index contributed by atoms with van der Waals surface area (Å²) < 4.78 is 12.7. The Bertz CT molecular complexity index is 1080. The molecule has 0 aliphatic heterocycles. The molecule has 3 aromatic rings. The third-order valence-electron chi connectivity index (χ3n) is 5.60. The van der Waals surface area contributed by atoms with Crippen LogP contribution in [0.25, 0.3) is 27.7 Å². The topological polar surface area (TPSA) is 51.5 Å². The number of halogens is 1. The summed E-state index contributed by atoms with van der Waals surface area (Å²) >= 11 is 3.48. The predicted octanol–water partition coefficient (Wildman–Crippen LogP) is 6.72. The van der Waals surface area contributed by atoms with Crippen LogP contribution in [0.1, 0.15) is 45.1 Å². The monoisotopic (exact) mass is 467 g/mol. The number of benzene rings is 2. The first kappa shape index (κ1) is 20.7. The third kappa shape index (κ3) is 4.46. The maximum atomic E-state index is 12.5. The van der Waals surface area contributed by atoms with E-state index in [1.807, 2.05) is 32.0 Å². The number of fused-ring (bicyclic) bond motifs is 1. The normalized spacial score (nSPS) is 15.0. The SMILES string of the molecule is CCOc1cc2occ(-c3ccc(Br)cc3)c2cc1/C(C)=C/C(=O)NC1CCCC1. The number of hydrogen-bond donors (Lipinski definition) is 1. The predicted molar refractivity (Wildman–Crippen MR) is 125 cm³/mol. The van der Waals surface area contributed by atoms with Gasteiger partial charge < -0.3 is 14.5 Å². The maximum absolute atomic E-state index is 12.5. The Morgan fingerprint density at radius 3 is 2.67 bits per heavy atom. The summed E-state index contributed by atoms with van der Waals surface area (Å²) in [5.41, 5.74) is 4.64. The first-order valence-corrected chi connectivity index (χ1v) is 11.3. The molecular weight excluding hydrogens is 442 g/mol. The molecule has 156 valence electrons. The lowest BCUT2D eigenvalue weighted by molar-refractivity contribution is -0.117. The Hall–Kier alpha value is -2.53. The van der Waals surface area contributed by atoms with Gasteiger partial charge in [-0.25, -0.2) is 0 Å². The van der Waals surface area contributed by atoms with Crippen molar-refractivity contribution in [1.29, 1.82) is 0 Å². The van der Waals surface area contributed by atoms with Crippen LogP contribution in [0.15, 0.2) is 57.6 Å². The Morgan fingerprint density at radius 2 is 1.97 bits per heavy atom. The minimum absolute atomic E-state index is 0.0396. The molecule has 1 N–H and O–H groups in total. The molecule has 1 fully saturated rings. The summed E-state index contributed by atoms with van der Waals surface area (Å²) in [5, 5.41) is 4.13. The van der Waals surface area contributed by atoms with E-state index in [1.54, 1.807) is 12.3 Å². The Balaban J connectivity index is 1.71. The molecule has 0 unspecified atom stereocenters. The van der Waals surface area contributed by atoms with Crippen LogP contribution in [0.2, 0.25) is 0 Å². The fourth-order valence-electron chi connectivity index (χ4n) is 4.08. The van der Waals surface area contributed by atoms with Crippen molar-refractivity contribution in [3.05, 3.63) is 58.8 Å². The zero-order valence-corrected chi connectivity index (χ0v) is 18.9. The van der Waals surface area contributed by atoms with Crippen molar-refractivity contribution in [2.75, 3.05) is 6.61 Å². The average molecular weight is 468 g/mol. The van der Waals surface area contributed by atoms with E-state index in [2.05, 4.69) is 39.4 Å². The van der Waals surface area contributed by atoms with E-state index in [-0.39, 0.29) is 5.91 Å². The lowest BCUT2D eigenvalue weighted by Gasteiger charge is -2.13. The van der Waals surface area contributed by atoms with E-state index < -0.39 is 0 Å². The van der Waals surface area contributed by atoms with Gasteiger partial charge in [0.1, 0.15) is 11.3 Å². The van der Waals surface area contributed by atoms with E-state index in [0.29, 0.717) is 12.6 Å². The number of allylic oxidation sites excluding steroid dienone is 1. The Kier molecular flexibility index (Phi) is 6.28. The largest absolute Gasteiger partial charge is 0.493 e. The zero-order valence-electron chi connectivity index (χ0n) is 17.3. The number of carbonyl (C=O) groups excluding carboxylic acids is 1. The summed E-state index contributed by atoms with van der Waals surface area (Å²) in [6.45, 7) is 4.45. The van der Waals surface area contributed by atoms with Crippen LogP contribution in [-0.2, 0) is 4.79 Å². The van der Waals surface area contributed by atoms with Crippen molar-refractivity contribution < 1.29 is 13.9 Å². The van der Waals surface area contributed by atoms with Crippen LogP contribution in [-0.4, -0.2) is 18.6 Å². The summed E-state index contributed by atoms with van der Waals surface area (Å²) in [7, 11) is 0. The van der Waals surface area contributed by atoms with Gasteiger partial charge in [0.15, 0.2) is 0 Å². The highest BCUT2D eigenvalue weighted by Crippen LogP contribution is 2.37. The summed E-state index contributed by atoms with van der Waals surface area (Å²) in [6.07, 6.45) is 7.98. The van der Waals surface area contributed by atoms with Crippen LogP contribution >= 0.6 is 15.9 Å². The summed E-state index contributed by atoms with van der Waals surface area (Å²) in [6, 6.07) is 12.4. The summed E-state index contributed by atoms with van der Waals surface area (Å²) in [4.78, 5) is 12.5. The molecular formula is C25H26BrNO3. The van der Waals surface area contributed by atoms with Crippen LogP contribution in [0.4, 0.5) is 0 Å². The van der Waals surface area contributed by atoms with Crippen LogP contribution in [0.3, 0.4) is 0 Å². The molecule has 0 saturated heterocycles. The quantitative estimate of drug-likeness (QED) is 0.409. The molecule has 0 atom stereocenters. The van der Waals surface area contributed by atoms with E-state index in [4.69, 9.17) is 9.15 Å². The van der Waals surface area contributed by atoms with Gasteiger partial charge in [-0.05, 0) is 56.0 Å². The molecule has 1 aliphatic carbocycles.